The Bertz CT molecular complexity index is 3040. The molecule has 4 heterocycles. The SMILES string of the molecule is CN1CCCC2CN(c3c(F)c(F)c4c(=O)c(OC(=O)O)cn(-c5ccc(F)cc5F)c4c3F)CC21.O=C(O)Oc1cn(-c2ccc(F)cc2F)c2c(F)c(F)c(F)c(F)c2c1=O. The van der Waals surface area contributed by atoms with Gasteiger partial charge in [-0.2, -0.15) is 0 Å². The number of likely N-dealkylation sites (N-methyl/N-ethyl adjacent to an activating group) is 1. The van der Waals surface area contributed by atoms with Crippen molar-refractivity contribution < 1.29 is 77.6 Å². The molecule has 0 spiro atoms. The van der Waals surface area contributed by atoms with Crippen LogP contribution in [0.1, 0.15) is 12.8 Å². The number of ether oxygens (including phenoxy) is 2. The van der Waals surface area contributed by atoms with Crippen molar-refractivity contribution >= 4 is 39.8 Å². The molecule has 2 saturated heterocycles. The number of hydrogen-bond acceptors (Lipinski definition) is 8. The Morgan fingerprint density at radius 1 is 0.619 bits per heavy atom. The number of carboxylic acid groups (broad SMARTS) is 2. The molecule has 0 aliphatic carbocycles. The fourth-order valence-corrected chi connectivity index (χ4v) is 7.78. The van der Waals surface area contributed by atoms with Crippen LogP contribution in [-0.2, 0) is 0 Å². The van der Waals surface area contributed by atoms with E-state index in [-0.39, 0.29) is 25.0 Å². The molecule has 23 heteroatoms. The third kappa shape index (κ3) is 7.72. The van der Waals surface area contributed by atoms with E-state index >= 15 is 13.2 Å². The highest BCUT2D eigenvalue weighted by Gasteiger charge is 2.41. The summed E-state index contributed by atoms with van der Waals surface area (Å²) in [7, 11) is 1.90. The highest BCUT2D eigenvalue weighted by molar-refractivity contribution is 5.88. The number of pyridine rings is 2. The Labute approximate surface area is 343 Å². The third-order valence-electron chi connectivity index (χ3n) is 10.5. The van der Waals surface area contributed by atoms with E-state index < -0.39 is 138 Å². The molecule has 2 atom stereocenters. The average molecular weight is 899 g/mol. The molecule has 0 amide bonds. The molecule has 0 radical (unpaired) electrons. The molecule has 4 aromatic carbocycles. The van der Waals surface area contributed by atoms with Gasteiger partial charge in [-0.15, -0.1) is 0 Å². The van der Waals surface area contributed by atoms with E-state index in [2.05, 4.69) is 14.4 Å². The Kier molecular flexibility index (Phi) is 11.6. The summed E-state index contributed by atoms with van der Waals surface area (Å²) < 4.78 is 167. The van der Waals surface area contributed by atoms with E-state index in [1.165, 1.54) is 4.90 Å². The van der Waals surface area contributed by atoms with Crippen molar-refractivity contribution in [1.82, 2.24) is 14.0 Å². The van der Waals surface area contributed by atoms with Crippen LogP contribution < -0.4 is 25.2 Å². The van der Waals surface area contributed by atoms with Crippen molar-refractivity contribution in [2.45, 2.75) is 18.9 Å². The second kappa shape index (κ2) is 16.6. The number of fused-ring (bicyclic) bond motifs is 3. The zero-order valence-corrected chi connectivity index (χ0v) is 31.6. The molecule has 63 heavy (non-hydrogen) atoms. The molecule has 0 bridgehead atoms. The van der Waals surface area contributed by atoms with Gasteiger partial charge in [0, 0.05) is 31.3 Å². The first-order chi connectivity index (χ1) is 29.7. The first-order valence-corrected chi connectivity index (χ1v) is 18.1. The Hall–Kier alpha value is -7.17. The summed E-state index contributed by atoms with van der Waals surface area (Å²) in [6.07, 6.45) is -1.20. The van der Waals surface area contributed by atoms with Crippen LogP contribution in [0.25, 0.3) is 33.2 Å². The van der Waals surface area contributed by atoms with E-state index in [4.69, 9.17) is 10.2 Å². The normalized spacial score (nSPS) is 16.2. The van der Waals surface area contributed by atoms with Gasteiger partial charge in [0.05, 0.1) is 45.6 Å². The lowest BCUT2D eigenvalue weighted by molar-refractivity contribution is 0.142. The van der Waals surface area contributed by atoms with Gasteiger partial charge < -0.3 is 38.6 Å². The maximum absolute atomic E-state index is 16.1. The van der Waals surface area contributed by atoms with Gasteiger partial charge in [0.1, 0.15) is 29.0 Å². The van der Waals surface area contributed by atoms with Crippen molar-refractivity contribution in [3.63, 3.8) is 0 Å². The summed E-state index contributed by atoms with van der Waals surface area (Å²) in [5, 5.41) is 15.0. The number of rotatable bonds is 5. The third-order valence-corrected chi connectivity index (χ3v) is 10.5. The predicted molar refractivity (Wildman–Crippen MR) is 197 cm³/mol. The summed E-state index contributed by atoms with van der Waals surface area (Å²) in [6, 6.07) is 3.94. The molecule has 6 aromatic rings. The van der Waals surface area contributed by atoms with Crippen molar-refractivity contribution in [1.29, 1.82) is 0 Å². The highest BCUT2D eigenvalue weighted by Crippen LogP contribution is 2.40. The number of likely N-dealkylation sites (tertiary alicyclic amines) is 1. The molecule has 2 fully saturated rings. The fraction of sp³-hybridized carbons (Fsp3) is 0.200. The lowest BCUT2D eigenvalue weighted by Gasteiger charge is -2.33. The zero-order chi connectivity index (χ0) is 45.9. The summed E-state index contributed by atoms with van der Waals surface area (Å²) >= 11 is 0. The van der Waals surface area contributed by atoms with E-state index in [0.29, 0.717) is 39.7 Å². The van der Waals surface area contributed by atoms with Gasteiger partial charge in [0.25, 0.3) is 0 Å². The molecule has 0 saturated carbocycles. The minimum absolute atomic E-state index is 0.0145. The molecule has 2 unspecified atom stereocenters. The number of nitrogens with zero attached hydrogens (tertiary/aromatic N) is 4. The molecule has 2 aliphatic heterocycles. The lowest BCUT2D eigenvalue weighted by Crippen LogP contribution is -2.42. The monoisotopic (exact) mass is 898 g/mol. The van der Waals surface area contributed by atoms with Gasteiger partial charge in [-0.1, -0.05) is 0 Å². The maximum Gasteiger partial charge on any atom is 0.511 e. The van der Waals surface area contributed by atoms with Crippen LogP contribution in [0.2, 0.25) is 0 Å². The summed E-state index contributed by atoms with van der Waals surface area (Å²) in [6.45, 7) is 1.25. The van der Waals surface area contributed by atoms with Gasteiger partial charge in [-0.05, 0) is 56.6 Å². The van der Waals surface area contributed by atoms with E-state index in [9.17, 15) is 54.3 Å². The number of aromatic nitrogens is 2. The molecule has 2 aliphatic rings. The second-order valence-electron chi connectivity index (χ2n) is 14.2. The summed E-state index contributed by atoms with van der Waals surface area (Å²) in [4.78, 5) is 50.2. The predicted octanol–water partition coefficient (Wildman–Crippen LogP) is 8.16. The number of hydrogen-bond donors (Lipinski definition) is 2. The van der Waals surface area contributed by atoms with Gasteiger partial charge in [-0.3, -0.25) is 9.59 Å². The number of halogens is 11. The van der Waals surface area contributed by atoms with Crippen LogP contribution in [0.15, 0.2) is 58.4 Å². The largest absolute Gasteiger partial charge is 0.511 e. The molecular weight excluding hydrogens is 873 g/mol. The topological polar surface area (TPSA) is 144 Å². The Morgan fingerprint density at radius 3 is 1.54 bits per heavy atom. The van der Waals surface area contributed by atoms with Crippen LogP contribution in [-0.4, -0.2) is 69.3 Å². The smallest absolute Gasteiger partial charge is 0.449 e. The summed E-state index contributed by atoms with van der Waals surface area (Å²) in [5.74, 6) is -20.2. The van der Waals surface area contributed by atoms with E-state index in [1.54, 1.807) is 0 Å². The number of carbonyl (C=O) groups is 2. The first-order valence-electron chi connectivity index (χ1n) is 18.1. The molecule has 12 nitrogen and oxygen atoms in total. The summed E-state index contributed by atoms with van der Waals surface area (Å²) in [5.41, 5.74) is -7.11. The van der Waals surface area contributed by atoms with Crippen LogP contribution >= 0.6 is 0 Å². The van der Waals surface area contributed by atoms with Gasteiger partial charge in [-0.25, -0.2) is 57.9 Å². The van der Waals surface area contributed by atoms with Crippen molar-refractivity contribution in [3.8, 4) is 22.9 Å². The van der Waals surface area contributed by atoms with Gasteiger partial charge >= 0.3 is 12.3 Å². The fourth-order valence-electron chi connectivity index (χ4n) is 7.78. The number of benzene rings is 4. The van der Waals surface area contributed by atoms with Crippen molar-refractivity contribution in [2.24, 2.45) is 5.92 Å². The molecule has 2 N–H and O–H groups in total. The minimum atomic E-state index is -2.34. The average Bonchev–Trinajstić information content (AvgIpc) is 3.65. The number of anilines is 1. The van der Waals surface area contributed by atoms with E-state index in [1.807, 2.05) is 7.05 Å². The maximum atomic E-state index is 16.1. The lowest BCUT2D eigenvalue weighted by atomic mass is 9.93. The minimum Gasteiger partial charge on any atom is -0.449 e. The Morgan fingerprint density at radius 2 is 1.08 bits per heavy atom. The molecule has 8 rings (SSSR count). The second-order valence-corrected chi connectivity index (χ2v) is 14.2. The van der Waals surface area contributed by atoms with Gasteiger partial charge in [0.15, 0.2) is 52.2 Å². The molecule has 330 valence electrons. The van der Waals surface area contributed by atoms with Crippen LogP contribution in [0.3, 0.4) is 0 Å². The zero-order valence-electron chi connectivity index (χ0n) is 31.6. The highest BCUT2D eigenvalue weighted by atomic mass is 19.2. The van der Waals surface area contributed by atoms with Crippen LogP contribution in [0.4, 0.5) is 63.6 Å². The van der Waals surface area contributed by atoms with Crippen LogP contribution in [0.5, 0.6) is 11.5 Å². The van der Waals surface area contributed by atoms with Crippen molar-refractivity contribution in [2.75, 3.05) is 31.6 Å². The van der Waals surface area contributed by atoms with Gasteiger partial charge in [0.2, 0.25) is 10.9 Å². The standard InChI is InChI=1S/C24H20F5N3O4.C16H5F6NO4/c1-30-6-2-3-11-8-31(9-15(11)30)22-19(28)18(27)17-21(20(22)29)32(10-16(23(17)33)36-24(34)35)14-5-4-12(25)7-13(14)26;17-5-1-2-7(6(18)3-5)23-4-8(27-16(25)26)15(24)9-10(19)11(20)12(21)13(22)14(9)23/h4-5,7,10-11,15H,2-3,6,8-9H2,1H3,(H,34,35);1-4H,(H,25,26). The molecule has 2 aromatic heterocycles. The van der Waals surface area contributed by atoms with E-state index in [0.717, 1.165) is 37.6 Å². The Balaban J connectivity index is 0.000000197. The van der Waals surface area contributed by atoms with Crippen LogP contribution in [0, 0.1) is 69.9 Å². The quantitative estimate of drug-likeness (QED) is 0.0754. The number of piperidine rings is 1. The molecular formula is C40H25F11N4O8. The first kappa shape index (κ1) is 43.9. The van der Waals surface area contributed by atoms with Crippen molar-refractivity contribution in [3.05, 3.63) is 133 Å².